The predicted molar refractivity (Wildman–Crippen MR) is 135 cm³/mol. The number of aromatic nitrogens is 4. The molecule has 2 aliphatic heterocycles. The Balaban J connectivity index is 1.35. The minimum atomic E-state index is -0.220. The van der Waals surface area contributed by atoms with Crippen LogP contribution in [0.5, 0.6) is 0 Å². The first-order chi connectivity index (χ1) is 17.6. The summed E-state index contributed by atoms with van der Waals surface area (Å²) in [7, 11) is 2.10. The van der Waals surface area contributed by atoms with E-state index in [0.29, 0.717) is 49.2 Å². The maximum Gasteiger partial charge on any atom is 0.287 e. The maximum atomic E-state index is 13.0. The number of hydrogen-bond donors (Lipinski definition) is 1. The average molecular weight is 488 g/mol. The van der Waals surface area contributed by atoms with E-state index < -0.39 is 0 Å². The number of rotatable bonds is 5. The molecule has 1 N–H and O–H groups in total. The van der Waals surface area contributed by atoms with Gasteiger partial charge in [0.05, 0.1) is 18.9 Å². The van der Waals surface area contributed by atoms with Crippen molar-refractivity contribution >= 4 is 22.8 Å². The number of likely N-dealkylation sites (tertiary alicyclic amines) is 1. The van der Waals surface area contributed by atoms with Gasteiger partial charge in [0.2, 0.25) is 0 Å². The molecule has 0 aliphatic carbocycles. The van der Waals surface area contributed by atoms with Gasteiger partial charge < -0.3 is 24.3 Å². The molecule has 1 aromatic carbocycles. The fourth-order valence-electron chi connectivity index (χ4n) is 4.71. The van der Waals surface area contributed by atoms with Crippen molar-refractivity contribution in [3.05, 3.63) is 54.4 Å². The van der Waals surface area contributed by atoms with Gasteiger partial charge in [-0.25, -0.2) is 9.67 Å². The lowest BCUT2D eigenvalue weighted by atomic mass is 10.1. The van der Waals surface area contributed by atoms with Crippen molar-refractivity contribution in [1.29, 1.82) is 0 Å². The van der Waals surface area contributed by atoms with Gasteiger partial charge >= 0.3 is 0 Å². The molecule has 0 saturated carbocycles. The van der Waals surface area contributed by atoms with Crippen molar-refractivity contribution < 1.29 is 13.9 Å². The first kappa shape index (κ1) is 22.7. The molecule has 3 aromatic heterocycles. The van der Waals surface area contributed by atoms with Gasteiger partial charge in [-0.1, -0.05) is 30.3 Å². The van der Waals surface area contributed by atoms with E-state index in [1.807, 2.05) is 42.6 Å². The highest BCUT2D eigenvalue weighted by Crippen LogP contribution is 2.29. The lowest BCUT2D eigenvalue weighted by Gasteiger charge is -2.29. The van der Waals surface area contributed by atoms with Crippen molar-refractivity contribution in [2.45, 2.75) is 18.9 Å². The number of fused-ring (bicyclic) bond motifs is 1. The zero-order chi connectivity index (χ0) is 24.5. The molecule has 186 valence electrons. The molecular formula is C26H29N7O3. The molecule has 2 fully saturated rings. The molecule has 5 heterocycles. The summed E-state index contributed by atoms with van der Waals surface area (Å²) in [5.41, 5.74) is 2.93. The van der Waals surface area contributed by atoms with E-state index in [-0.39, 0.29) is 17.7 Å². The van der Waals surface area contributed by atoms with E-state index in [4.69, 9.17) is 24.2 Å². The summed E-state index contributed by atoms with van der Waals surface area (Å²) in [5.74, 6) is 1.10. The van der Waals surface area contributed by atoms with Crippen LogP contribution in [0.15, 0.2) is 53.1 Å². The third kappa shape index (κ3) is 4.57. The molecule has 0 atom stereocenters. The third-order valence-corrected chi connectivity index (χ3v) is 6.79. The summed E-state index contributed by atoms with van der Waals surface area (Å²) in [6.07, 6.45) is 3.70. The quantitative estimate of drug-likeness (QED) is 0.459. The van der Waals surface area contributed by atoms with Gasteiger partial charge in [0.1, 0.15) is 5.52 Å². The summed E-state index contributed by atoms with van der Waals surface area (Å²) in [4.78, 5) is 27.0. The number of nitrogens with zero attached hydrogens (tertiary/aromatic N) is 6. The zero-order valence-corrected chi connectivity index (χ0v) is 20.3. The largest absolute Gasteiger partial charge is 0.445 e. The summed E-state index contributed by atoms with van der Waals surface area (Å²) < 4.78 is 13.3. The molecule has 6 rings (SSSR count). The Morgan fingerprint density at radius 1 is 1.03 bits per heavy atom. The van der Waals surface area contributed by atoms with Crippen molar-refractivity contribution in [2.75, 3.05) is 51.3 Å². The average Bonchev–Trinajstić information content (AvgIpc) is 3.58. The lowest BCUT2D eigenvalue weighted by Crippen LogP contribution is -2.43. The molecule has 2 aliphatic rings. The van der Waals surface area contributed by atoms with Crippen molar-refractivity contribution in [3.63, 3.8) is 0 Å². The number of hydrogen-bond acceptors (Lipinski definition) is 8. The molecular weight excluding hydrogens is 458 g/mol. The lowest BCUT2D eigenvalue weighted by molar-refractivity contribution is 0.0891. The fourth-order valence-corrected chi connectivity index (χ4v) is 4.71. The summed E-state index contributed by atoms with van der Waals surface area (Å²) in [6, 6.07) is 13.8. The van der Waals surface area contributed by atoms with Crippen LogP contribution in [0.25, 0.3) is 28.3 Å². The number of furan rings is 1. The van der Waals surface area contributed by atoms with Crippen LogP contribution in [0.1, 0.15) is 23.4 Å². The third-order valence-electron chi connectivity index (χ3n) is 6.79. The van der Waals surface area contributed by atoms with E-state index in [2.05, 4.69) is 22.2 Å². The van der Waals surface area contributed by atoms with Crippen LogP contribution in [0.3, 0.4) is 0 Å². The highest BCUT2D eigenvalue weighted by molar-refractivity contribution is 5.97. The molecule has 4 aromatic rings. The van der Waals surface area contributed by atoms with Crippen LogP contribution in [0.4, 0.5) is 5.82 Å². The Hall–Kier alpha value is -3.76. The number of carbonyl (C=O) groups is 1. The molecule has 0 unspecified atom stereocenters. The van der Waals surface area contributed by atoms with Gasteiger partial charge in [-0.15, -0.1) is 0 Å². The van der Waals surface area contributed by atoms with Crippen LogP contribution >= 0.6 is 0 Å². The molecule has 0 radical (unpaired) electrons. The maximum absolute atomic E-state index is 13.0. The number of piperidine rings is 1. The van der Waals surface area contributed by atoms with E-state index in [1.54, 1.807) is 10.7 Å². The number of nitrogens with one attached hydrogen (secondary N) is 1. The smallest absolute Gasteiger partial charge is 0.287 e. The van der Waals surface area contributed by atoms with Crippen molar-refractivity contribution in [2.24, 2.45) is 0 Å². The molecule has 1 amide bonds. The van der Waals surface area contributed by atoms with Gasteiger partial charge in [0.15, 0.2) is 17.2 Å². The Morgan fingerprint density at radius 3 is 2.58 bits per heavy atom. The van der Waals surface area contributed by atoms with Gasteiger partial charge in [0, 0.05) is 37.0 Å². The second-order valence-electron chi connectivity index (χ2n) is 9.33. The van der Waals surface area contributed by atoms with Crippen LogP contribution in [0, 0.1) is 0 Å². The molecule has 10 nitrogen and oxygen atoms in total. The van der Waals surface area contributed by atoms with Crippen LogP contribution in [-0.4, -0.2) is 83.0 Å². The van der Waals surface area contributed by atoms with Gasteiger partial charge in [-0.05, 0) is 39.0 Å². The van der Waals surface area contributed by atoms with Crippen LogP contribution < -0.4 is 10.2 Å². The Kier molecular flexibility index (Phi) is 6.12. The number of amides is 1. The second kappa shape index (κ2) is 9.71. The van der Waals surface area contributed by atoms with Crippen molar-refractivity contribution in [1.82, 2.24) is 30.0 Å². The summed E-state index contributed by atoms with van der Waals surface area (Å²) in [6.45, 7) is 4.50. The van der Waals surface area contributed by atoms with Crippen LogP contribution in [-0.2, 0) is 4.74 Å². The monoisotopic (exact) mass is 487 g/mol. The first-order valence-corrected chi connectivity index (χ1v) is 12.4. The van der Waals surface area contributed by atoms with Gasteiger partial charge in [-0.3, -0.25) is 4.79 Å². The second-order valence-corrected chi connectivity index (χ2v) is 9.33. The Morgan fingerprint density at radius 2 is 1.81 bits per heavy atom. The van der Waals surface area contributed by atoms with E-state index in [0.717, 1.165) is 37.2 Å². The first-order valence-electron chi connectivity index (χ1n) is 12.4. The minimum Gasteiger partial charge on any atom is -0.445 e. The van der Waals surface area contributed by atoms with Crippen LogP contribution in [0.2, 0.25) is 0 Å². The molecule has 0 bridgehead atoms. The number of ether oxygens (including phenoxy) is 1. The molecule has 36 heavy (non-hydrogen) atoms. The standard InChI is InChI=1S/C26H29N7O3/c1-31-10-7-19(8-11-31)27-25(34)22-17-21-23(36-22)24(32-13-15-35-16-14-32)29-26(28-21)33-12-9-20(30-33)18-5-3-2-4-6-18/h2-6,9,12,17,19H,7-8,10-11,13-16H2,1H3,(H,27,34). The Bertz CT molecular complexity index is 1350. The summed E-state index contributed by atoms with van der Waals surface area (Å²) in [5, 5.41) is 7.83. The molecule has 0 spiro atoms. The normalized spacial score (nSPS) is 17.5. The van der Waals surface area contributed by atoms with E-state index in [1.165, 1.54) is 0 Å². The van der Waals surface area contributed by atoms with E-state index in [9.17, 15) is 4.79 Å². The topological polar surface area (TPSA) is 102 Å². The number of morpholine rings is 1. The zero-order valence-electron chi connectivity index (χ0n) is 20.3. The number of benzene rings is 1. The van der Waals surface area contributed by atoms with Gasteiger partial charge in [-0.2, -0.15) is 10.1 Å². The van der Waals surface area contributed by atoms with E-state index >= 15 is 0 Å². The Labute approximate surface area is 208 Å². The highest BCUT2D eigenvalue weighted by atomic mass is 16.5. The highest BCUT2D eigenvalue weighted by Gasteiger charge is 2.25. The number of carbonyl (C=O) groups excluding carboxylic acids is 1. The van der Waals surface area contributed by atoms with Crippen molar-refractivity contribution in [3.8, 4) is 17.2 Å². The number of anilines is 1. The predicted octanol–water partition coefficient (Wildman–Crippen LogP) is 2.74. The SMILES string of the molecule is CN1CCC(NC(=O)c2cc3nc(-n4ccc(-c5ccccc5)n4)nc(N4CCOCC4)c3o2)CC1. The summed E-state index contributed by atoms with van der Waals surface area (Å²) >= 11 is 0. The molecule has 10 heteroatoms. The minimum absolute atomic E-state index is 0.141. The fraction of sp³-hybridized carbons (Fsp3) is 0.385. The van der Waals surface area contributed by atoms with Gasteiger partial charge in [0.25, 0.3) is 11.9 Å². The molecule has 2 saturated heterocycles.